The Morgan fingerprint density at radius 3 is 2.31 bits per heavy atom. The molecule has 1 aliphatic rings. The lowest BCUT2D eigenvalue weighted by Gasteiger charge is -2.26. The van der Waals surface area contributed by atoms with E-state index in [1.54, 1.807) is 36.4 Å². The van der Waals surface area contributed by atoms with E-state index in [1.165, 1.54) is 13.2 Å². The highest BCUT2D eigenvalue weighted by Crippen LogP contribution is 2.37. The van der Waals surface area contributed by atoms with Crippen molar-refractivity contribution >= 4 is 61.5 Å². The van der Waals surface area contributed by atoms with Crippen molar-refractivity contribution in [2.24, 2.45) is 0 Å². The van der Waals surface area contributed by atoms with Crippen LogP contribution in [0, 0.1) is 0 Å². The van der Waals surface area contributed by atoms with Gasteiger partial charge in [0, 0.05) is 4.47 Å². The molecule has 1 fully saturated rings. The number of barbiturate groups is 1. The van der Waals surface area contributed by atoms with E-state index in [2.05, 4.69) is 37.2 Å². The highest BCUT2D eigenvalue weighted by Gasteiger charge is 2.36. The number of hydrogen-bond donors (Lipinski definition) is 1. The van der Waals surface area contributed by atoms with Gasteiger partial charge in [0.25, 0.3) is 11.8 Å². The normalized spacial score (nSPS) is 14.6. The zero-order valence-corrected chi connectivity index (χ0v) is 22.2. The summed E-state index contributed by atoms with van der Waals surface area (Å²) in [5, 5.41) is 2.21. The number of urea groups is 1. The summed E-state index contributed by atoms with van der Waals surface area (Å²) < 4.78 is 18.3. The van der Waals surface area contributed by atoms with Gasteiger partial charge in [-0.05, 0) is 76.1 Å². The first-order chi connectivity index (χ1) is 17.4. The number of anilines is 1. The molecule has 1 N–H and O–H groups in total. The van der Waals surface area contributed by atoms with Crippen LogP contribution in [-0.4, -0.2) is 38.2 Å². The van der Waals surface area contributed by atoms with E-state index >= 15 is 0 Å². The van der Waals surface area contributed by atoms with Gasteiger partial charge >= 0.3 is 6.03 Å². The minimum absolute atomic E-state index is 0.198. The molecule has 1 heterocycles. The van der Waals surface area contributed by atoms with Crippen LogP contribution in [0.15, 0.2) is 81.2 Å². The molecule has 1 aliphatic heterocycles. The minimum atomic E-state index is -0.815. The van der Waals surface area contributed by atoms with Crippen LogP contribution in [0.4, 0.5) is 10.5 Å². The minimum Gasteiger partial charge on any atom is -0.493 e. The molecule has 0 bridgehead atoms. The molecular formula is C26H20Br2N2O6. The molecule has 0 unspecified atom stereocenters. The zero-order chi connectivity index (χ0) is 25.7. The van der Waals surface area contributed by atoms with Crippen LogP contribution in [0.1, 0.15) is 5.56 Å². The van der Waals surface area contributed by atoms with Crippen molar-refractivity contribution in [1.82, 2.24) is 5.32 Å². The first kappa shape index (κ1) is 25.5. The van der Waals surface area contributed by atoms with Crippen molar-refractivity contribution in [2.75, 3.05) is 25.2 Å². The van der Waals surface area contributed by atoms with E-state index in [0.717, 1.165) is 15.1 Å². The summed E-state index contributed by atoms with van der Waals surface area (Å²) in [5.41, 5.74) is 0.631. The Bertz CT molecular complexity index is 1330. The average Bonchev–Trinajstić information content (AvgIpc) is 2.86. The number of hydrogen-bond acceptors (Lipinski definition) is 6. The second-order valence-corrected chi connectivity index (χ2v) is 9.25. The van der Waals surface area contributed by atoms with Gasteiger partial charge in [0.2, 0.25) is 0 Å². The van der Waals surface area contributed by atoms with Gasteiger partial charge in [-0.15, -0.1) is 0 Å². The number of ether oxygens (including phenoxy) is 3. The van der Waals surface area contributed by atoms with Crippen molar-refractivity contribution in [1.29, 1.82) is 0 Å². The Kier molecular flexibility index (Phi) is 8.07. The van der Waals surface area contributed by atoms with Crippen molar-refractivity contribution in [2.45, 2.75) is 0 Å². The number of amides is 4. The van der Waals surface area contributed by atoms with Crippen molar-refractivity contribution in [3.05, 3.63) is 86.8 Å². The van der Waals surface area contributed by atoms with Crippen LogP contribution in [0.25, 0.3) is 6.08 Å². The van der Waals surface area contributed by atoms with Gasteiger partial charge in [0.1, 0.15) is 24.5 Å². The van der Waals surface area contributed by atoms with Crippen LogP contribution in [0.2, 0.25) is 0 Å². The van der Waals surface area contributed by atoms with Gasteiger partial charge in [0.05, 0.1) is 17.3 Å². The molecule has 36 heavy (non-hydrogen) atoms. The monoisotopic (exact) mass is 614 g/mol. The third-order valence-electron chi connectivity index (χ3n) is 5.09. The van der Waals surface area contributed by atoms with Gasteiger partial charge in [-0.2, -0.15) is 0 Å². The predicted molar refractivity (Wildman–Crippen MR) is 141 cm³/mol. The topological polar surface area (TPSA) is 94.2 Å². The molecule has 8 nitrogen and oxygen atoms in total. The van der Waals surface area contributed by atoms with E-state index in [9.17, 15) is 14.4 Å². The molecule has 0 atom stereocenters. The first-order valence-corrected chi connectivity index (χ1v) is 12.3. The Hall–Kier alpha value is -3.63. The zero-order valence-electron chi connectivity index (χ0n) is 19.0. The molecule has 0 radical (unpaired) electrons. The number of carbonyl (C=O) groups excluding carboxylic acids is 3. The molecule has 3 aromatic carbocycles. The lowest BCUT2D eigenvalue weighted by atomic mass is 10.1. The molecule has 1 saturated heterocycles. The van der Waals surface area contributed by atoms with Crippen molar-refractivity contribution in [3.63, 3.8) is 0 Å². The van der Waals surface area contributed by atoms with Crippen LogP contribution in [-0.2, 0) is 9.59 Å². The Morgan fingerprint density at radius 1 is 0.917 bits per heavy atom. The van der Waals surface area contributed by atoms with Crippen LogP contribution < -0.4 is 24.4 Å². The van der Waals surface area contributed by atoms with Gasteiger partial charge in [-0.1, -0.05) is 34.1 Å². The van der Waals surface area contributed by atoms with Gasteiger partial charge in [-0.25, -0.2) is 9.69 Å². The molecular weight excluding hydrogens is 596 g/mol. The quantitative estimate of drug-likeness (QED) is 0.209. The second-order valence-electron chi connectivity index (χ2n) is 7.48. The number of carbonyl (C=O) groups is 3. The van der Waals surface area contributed by atoms with E-state index in [-0.39, 0.29) is 12.2 Å². The highest BCUT2D eigenvalue weighted by atomic mass is 79.9. The summed E-state index contributed by atoms with van der Waals surface area (Å²) in [7, 11) is 1.48. The fraction of sp³-hybridized carbons (Fsp3) is 0.115. The third kappa shape index (κ3) is 5.77. The number of benzene rings is 3. The van der Waals surface area contributed by atoms with E-state index in [0.29, 0.717) is 33.8 Å². The average molecular weight is 616 g/mol. The number of para-hydroxylation sites is 1. The summed E-state index contributed by atoms with van der Waals surface area (Å²) in [6, 6.07) is 18.5. The molecule has 4 rings (SSSR count). The number of imide groups is 2. The maximum atomic E-state index is 13.1. The molecule has 0 saturated carbocycles. The van der Waals surface area contributed by atoms with Gasteiger partial charge in [-0.3, -0.25) is 14.9 Å². The Morgan fingerprint density at radius 2 is 1.61 bits per heavy atom. The lowest BCUT2D eigenvalue weighted by Crippen LogP contribution is -2.54. The van der Waals surface area contributed by atoms with Crippen LogP contribution in [0.3, 0.4) is 0 Å². The van der Waals surface area contributed by atoms with Crippen molar-refractivity contribution < 1.29 is 28.6 Å². The molecule has 0 aromatic heterocycles. The summed E-state index contributed by atoms with van der Waals surface area (Å²) in [5.74, 6) is 0.0504. The fourth-order valence-corrected chi connectivity index (χ4v) is 4.27. The number of nitrogens with zero attached hydrogens (tertiary/aromatic N) is 1. The van der Waals surface area contributed by atoms with Crippen LogP contribution in [0.5, 0.6) is 17.2 Å². The SMILES string of the molecule is COc1cc(C=C2C(=O)NC(=O)N(c3ccc(Br)cc3)C2=O)cc(Br)c1OCCOc1ccccc1. The number of halogens is 2. The smallest absolute Gasteiger partial charge is 0.335 e. The highest BCUT2D eigenvalue weighted by molar-refractivity contribution is 9.10. The summed E-state index contributed by atoms with van der Waals surface area (Å²) in [4.78, 5) is 38.9. The summed E-state index contributed by atoms with van der Waals surface area (Å²) >= 11 is 6.79. The maximum absolute atomic E-state index is 13.1. The number of nitrogens with one attached hydrogen (secondary N) is 1. The number of methoxy groups -OCH3 is 1. The largest absolute Gasteiger partial charge is 0.493 e. The Balaban J connectivity index is 1.54. The molecule has 0 aliphatic carbocycles. The standard InChI is InChI=1S/C26H20Br2N2O6/c1-34-22-15-16(14-21(28)23(22)36-12-11-35-19-5-3-2-4-6-19)13-20-24(31)29-26(33)30(25(20)32)18-9-7-17(27)8-10-18/h2-10,13-15H,11-12H2,1H3,(H,29,31,33). The predicted octanol–water partition coefficient (Wildman–Crippen LogP) is 5.34. The molecule has 3 aromatic rings. The molecule has 4 amide bonds. The van der Waals surface area contributed by atoms with Crippen molar-refractivity contribution in [3.8, 4) is 17.2 Å². The van der Waals surface area contributed by atoms with E-state index in [4.69, 9.17) is 14.2 Å². The van der Waals surface area contributed by atoms with E-state index < -0.39 is 17.8 Å². The third-order valence-corrected chi connectivity index (χ3v) is 6.21. The number of rotatable bonds is 8. The van der Waals surface area contributed by atoms with E-state index in [1.807, 2.05) is 30.3 Å². The molecule has 0 spiro atoms. The summed E-state index contributed by atoms with van der Waals surface area (Å²) in [6.45, 7) is 0.579. The first-order valence-electron chi connectivity index (χ1n) is 10.7. The fourth-order valence-electron chi connectivity index (χ4n) is 3.43. The maximum Gasteiger partial charge on any atom is 0.335 e. The second kappa shape index (κ2) is 11.4. The summed E-state index contributed by atoms with van der Waals surface area (Å²) in [6.07, 6.45) is 1.39. The van der Waals surface area contributed by atoms with Crippen LogP contribution >= 0.6 is 31.9 Å². The Labute approximate surface area is 224 Å². The lowest BCUT2D eigenvalue weighted by molar-refractivity contribution is -0.122. The molecule has 10 heteroatoms. The van der Waals surface area contributed by atoms with Gasteiger partial charge < -0.3 is 14.2 Å². The van der Waals surface area contributed by atoms with Gasteiger partial charge in [0.15, 0.2) is 11.5 Å². The molecule has 184 valence electrons.